The molecule has 1 aromatic carbocycles. The molecule has 6 nitrogen and oxygen atoms in total. The molecule has 1 aromatic rings. The zero-order chi connectivity index (χ0) is 19.9. The van der Waals surface area contributed by atoms with Crippen molar-refractivity contribution < 1.29 is 22.3 Å². The van der Waals surface area contributed by atoms with E-state index in [2.05, 4.69) is 0 Å². The highest BCUT2D eigenvalue weighted by molar-refractivity contribution is 7.89. The number of likely N-dealkylation sites (tertiary alicyclic amines) is 1. The van der Waals surface area contributed by atoms with E-state index in [1.54, 1.807) is 6.92 Å². The van der Waals surface area contributed by atoms with E-state index < -0.39 is 21.6 Å². The van der Waals surface area contributed by atoms with Crippen molar-refractivity contribution in [2.24, 2.45) is 5.92 Å². The number of hydrogen-bond donors (Lipinski definition) is 0. The highest BCUT2D eigenvalue weighted by Crippen LogP contribution is 2.39. The van der Waals surface area contributed by atoms with Gasteiger partial charge in [0, 0.05) is 38.4 Å². The summed E-state index contributed by atoms with van der Waals surface area (Å²) in [6, 6.07) is 3.87. The fourth-order valence-electron chi connectivity index (χ4n) is 4.74. The number of hydrogen-bond acceptors (Lipinski definition) is 4. The Bertz CT molecular complexity index is 859. The normalized spacial score (nSPS) is 23.6. The average Bonchev–Trinajstić information content (AvgIpc) is 3.35. The molecule has 4 rings (SSSR count). The van der Waals surface area contributed by atoms with E-state index >= 15 is 0 Å². The molecule has 2 heterocycles. The third-order valence-electron chi connectivity index (χ3n) is 6.40. The summed E-state index contributed by atoms with van der Waals surface area (Å²) < 4.78 is 47.4. The van der Waals surface area contributed by atoms with Gasteiger partial charge in [0.05, 0.1) is 11.5 Å². The molecule has 28 heavy (non-hydrogen) atoms. The van der Waals surface area contributed by atoms with Crippen LogP contribution in [0.15, 0.2) is 23.1 Å². The van der Waals surface area contributed by atoms with Crippen LogP contribution in [-0.2, 0) is 19.6 Å². The molecule has 1 aliphatic carbocycles. The molecule has 0 bridgehead atoms. The van der Waals surface area contributed by atoms with Crippen LogP contribution >= 0.6 is 0 Å². The van der Waals surface area contributed by atoms with Crippen LogP contribution < -0.4 is 0 Å². The number of carbonyl (C=O) groups excluding carboxylic acids is 1. The Labute approximate surface area is 165 Å². The largest absolute Gasteiger partial charge is 0.358 e. The monoisotopic (exact) mass is 410 g/mol. The molecule has 1 spiro atoms. The van der Waals surface area contributed by atoms with Crippen LogP contribution in [0.2, 0.25) is 0 Å². The average molecular weight is 411 g/mol. The minimum atomic E-state index is -3.80. The number of carbonyl (C=O) groups is 1. The van der Waals surface area contributed by atoms with Gasteiger partial charge >= 0.3 is 0 Å². The number of benzene rings is 1. The van der Waals surface area contributed by atoms with Gasteiger partial charge in [-0.15, -0.1) is 0 Å². The van der Waals surface area contributed by atoms with Gasteiger partial charge in [-0.3, -0.25) is 4.79 Å². The Hall–Kier alpha value is -1.51. The lowest BCUT2D eigenvalue weighted by Gasteiger charge is -2.43. The second kappa shape index (κ2) is 7.39. The van der Waals surface area contributed by atoms with Crippen LogP contribution in [0.25, 0.3) is 0 Å². The molecule has 1 amide bonds. The van der Waals surface area contributed by atoms with Gasteiger partial charge in [-0.05, 0) is 43.5 Å². The van der Waals surface area contributed by atoms with Crippen molar-refractivity contribution in [1.82, 2.24) is 9.21 Å². The first-order valence-corrected chi connectivity index (χ1v) is 11.5. The maximum absolute atomic E-state index is 13.6. The molecule has 8 heteroatoms. The third-order valence-corrected chi connectivity index (χ3v) is 8.34. The molecule has 2 saturated heterocycles. The minimum Gasteiger partial charge on any atom is -0.358 e. The Kier molecular flexibility index (Phi) is 5.22. The predicted octanol–water partition coefficient (Wildman–Crippen LogP) is 2.66. The van der Waals surface area contributed by atoms with Gasteiger partial charge < -0.3 is 9.64 Å². The van der Waals surface area contributed by atoms with Crippen LogP contribution in [0.1, 0.15) is 44.1 Å². The van der Waals surface area contributed by atoms with Gasteiger partial charge in [0.25, 0.3) is 0 Å². The number of aryl methyl sites for hydroxylation is 1. The van der Waals surface area contributed by atoms with Crippen LogP contribution in [0, 0.1) is 18.7 Å². The highest BCUT2D eigenvalue weighted by atomic mass is 32.2. The first-order valence-electron chi connectivity index (χ1n) is 10.1. The highest BCUT2D eigenvalue weighted by Gasteiger charge is 2.51. The molecule has 0 unspecified atom stereocenters. The predicted molar refractivity (Wildman–Crippen MR) is 101 cm³/mol. The second-order valence-electron chi connectivity index (χ2n) is 8.09. The van der Waals surface area contributed by atoms with E-state index in [9.17, 15) is 17.6 Å². The number of sulfonamides is 1. The zero-order valence-electron chi connectivity index (χ0n) is 16.2. The first-order chi connectivity index (χ1) is 13.3. The molecular weight excluding hydrogens is 383 g/mol. The van der Waals surface area contributed by atoms with E-state index in [1.165, 1.54) is 22.5 Å². The Balaban J connectivity index is 1.52. The molecule has 0 radical (unpaired) electrons. The van der Waals surface area contributed by atoms with Crippen molar-refractivity contribution in [2.45, 2.75) is 56.1 Å². The summed E-state index contributed by atoms with van der Waals surface area (Å²) in [5.41, 5.74) is -0.611. The summed E-state index contributed by atoms with van der Waals surface area (Å²) in [4.78, 5) is 14.6. The van der Waals surface area contributed by atoms with Crippen LogP contribution in [0.3, 0.4) is 0 Å². The Morgan fingerprint density at radius 1 is 1.18 bits per heavy atom. The summed E-state index contributed by atoms with van der Waals surface area (Å²) in [6.45, 7) is 3.16. The van der Waals surface area contributed by atoms with E-state index in [0.717, 1.165) is 25.7 Å². The SMILES string of the molecule is Cc1cc(S(=O)(=O)N2CCOC23CCN(C(=O)C2CCCC2)CC3)ccc1F. The summed E-state index contributed by atoms with van der Waals surface area (Å²) in [5, 5.41) is 0. The maximum Gasteiger partial charge on any atom is 0.245 e. The summed E-state index contributed by atoms with van der Waals surface area (Å²) >= 11 is 0. The number of rotatable bonds is 3. The molecule has 1 saturated carbocycles. The van der Waals surface area contributed by atoms with Crippen molar-refractivity contribution in [1.29, 1.82) is 0 Å². The topological polar surface area (TPSA) is 66.9 Å². The van der Waals surface area contributed by atoms with Gasteiger partial charge in [0.1, 0.15) is 11.5 Å². The number of piperidine rings is 1. The molecule has 3 aliphatic rings. The van der Waals surface area contributed by atoms with Crippen LogP contribution in [0.4, 0.5) is 4.39 Å². The lowest BCUT2D eigenvalue weighted by Crippen LogP contribution is -2.56. The van der Waals surface area contributed by atoms with Gasteiger partial charge in [-0.2, -0.15) is 4.31 Å². The molecule has 2 aliphatic heterocycles. The van der Waals surface area contributed by atoms with Crippen molar-refractivity contribution >= 4 is 15.9 Å². The fraction of sp³-hybridized carbons (Fsp3) is 0.650. The van der Waals surface area contributed by atoms with Crippen molar-refractivity contribution in [2.75, 3.05) is 26.2 Å². The fourth-order valence-corrected chi connectivity index (χ4v) is 6.55. The summed E-state index contributed by atoms with van der Waals surface area (Å²) in [6.07, 6.45) is 5.07. The van der Waals surface area contributed by atoms with Crippen molar-refractivity contribution in [3.63, 3.8) is 0 Å². The third kappa shape index (κ3) is 3.35. The lowest BCUT2D eigenvalue weighted by atomic mass is 9.98. The Morgan fingerprint density at radius 2 is 1.86 bits per heavy atom. The van der Waals surface area contributed by atoms with E-state index in [-0.39, 0.29) is 23.3 Å². The van der Waals surface area contributed by atoms with Gasteiger partial charge in [0.15, 0.2) is 0 Å². The standard InChI is InChI=1S/C20H27FN2O4S/c1-15-14-17(6-7-18(15)21)28(25,26)23-12-13-27-20(23)8-10-22(11-9-20)19(24)16-4-2-3-5-16/h6-7,14,16H,2-5,8-13H2,1H3. The summed E-state index contributed by atoms with van der Waals surface area (Å²) in [7, 11) is -3.80. The quantitative estimate of drug-likeness (QED) is 0.768. The van der Waals surface area contributed by atoms with Crippen LogP contribution in [-0.4, -0.2) is 55.5 Å². The molecule has 0 atom stereocenters. The maximum atomic E-state index is 13.6. The number of amides is 1. The number of halogens is 1. The van der Waals surface area contributed by atoms with Gasteiger partial charge in [-0.1, -0.05) is 12.8 Å². The van der Waals surface area contributed by atoms with E-state index in [0.29, 0.717) is 38.1 Å². The molecule has 0 N–H and O–H groups in total. The van der Waals surface area contributed by atoms with E-state index in [4.69, 9.17) is 4.74 Å². The van der Waals surface area contributed by atoms with Crippen LogP contribution in [0.5, 0.6) is 0 Å². The minimum absolute atomic E-state index is 0.0840. The number of nitrogens with zero attached hydrogens (tertiary/aromatic N) is 2. The number of ether oxygens (including phenoxy) is 1. The molecule has 3 fully saturated rings. The van der Waals surface area contributed by atoms with Gasteiger partial charge in [-0.25, -0.2) is 12.8 Å². The van der Waals surface area contributed by atoms with E-state index in [1.807, 2.05) is 4.90 Å². The zero-order valence-corrected chi connectivity index (χ0v) is 17.0. The lowest BCUT2D eigenvalue weighted by molar-refractivity contribution is -0.143. The molecule has 0 aromatic heterocycles. The molecular formula is C20H27FN2O4S. The second-order valence-corrected chi connectivity index (χ2v) is 9.95. The van der Waals surface area contributed by atoms with Gasteiger partial charge in [0.2, 0.25) is 15.9 Å². The Morgan fingerprint density at radius 3 is 2.50 bits per heavy atom. The first kappa shape index (κ1) is 19.8. The molecule has 154 valence electrons. The van der Waals surface area contributed by atoms with Crippen molar-refractivity contribution in [3.05, 3.63) is 29.6 Å². The van der Waals surface area contributed by atoms with Crippen molar-refractivity contribution in [3.8, 4) is 0 Å². The summed E-state index contributed by atoms with van der Waals surface area (Å²) in [5.74, 6) is -0.0976. The smallest absolute Gasteiger partial charge is 0.245 e.